The van der Waals surface area contributed by atoms with Gasteiger partial charge in [-0.25, -0.2) is 4.39 Å². The van der Waals surface area contributed by atoms with Crippen LogP contribution in [0.1, 0.15) is 5.56 Å². The number of ether oxygens (including phenoxy) is 1. The standard InChI is InChI=1S/C12H18FNO3/c1-17-12-3-2-11(13)4-10(12)6-14-5-9(7-15)8-16/h2-4,9,14-16H,5-8H2,1H3. The molecule has 0 saturated heterocycles. The fraction of sp³-hybridized carbons (Fsp3) is 0.500. The normalized spacial score (nSPS) is 10.9. The van der Waals surface area contributed by atoms with Gasteiger partial charge in [-0.2, -0.15) is 0 Å². The molecule has 0 spiro atoms. The minimum absolute atomic E-state index is 0.0796. The Morgan fingerprint density at radius 2 is 2.06 bits per heavy atom. The molecule has 0 aliphatic heterocycles. The molecule has 0 atom stereocenters. The number of aliphatic hydroxyl groups excluding tert-OH is 2. The molecule has 0 heterocycles. The van der Waals surface area contributed by atoms with Gasteiger partial charge in [0.15, 0.2) is 0 Å². The molecule has 1 aromatic rings. The summed E-state index contributed by atoms with van der Waals surface area (Å²) >= 11 is 0. The first-order valence-corrected chi connectivity index (χ1v) is 5.46. The molecule has 4 nitrogen and oxygen atoms in total. The summed E-state index contributed by atoms with van der Waals surface area (Å²) in [6.45, 7) is 0.734. The fourth-order valence-electron chi connectivity index (χ4n) is 1.48. The number of hydrogen-bond acceptors (Lipinski definition) is 4. The van der Waals surface area contributed by atoms with Crippen LogP contribution in [-0.2, 0) is 6.54 Å². The molecule has 1 rings (SSSR count). The summed E-state index contributed by atoms with van der Waals surface area (Å²) in [5, 5.41) is 20.8. The Hall–Kier alpha value is -1.17. The Labute approximate surface area is 100 Å². The lowest BCUT2D eigenvalue weighted by atomic mass is 10.1. The maximum atomic E-state index is 13.0. The van der Waals surface area contributed by atoms with Gasteiger partial charge in [-0.05, 0) is 18.2 Å². The molecule has 0 aliphatic rings. The average molecular weight is 243 g/mol. The number of benzene rings is 1. The maximum Gasteiger partial charge on any atom is 0.123 e. The van der Waals surface area contributed by atoms with Crippen LogP contribution in [0.5, 0.6) is 5.75 Å². The molecule has 0 radical (unpaired) electrons. The lowest BCUT2D eigenvalue weighted by Crippen LogP contribution is -2.27. The van der Waals surface area contributed by atoms with Gasteiger partial charge in [0.2, 0.25) is 0 Å². The van der Waals surface area contributed by atoms with Gasteiger partial charge in [0.05, 0.1) is 7.11 Å². The summed E-state index contributed by atoms with van der Waals surface area (Å²) in [6.07, 6.45) is 0. The highest BCUT2D eigenvalue weighted by Gasteiger charge is 2.07. The average Bonchev–Trinajstić information content (AvgIpc) is 2.35. The van der Waals surface area contributed by atoms with E-state index >= 15 is 0 Å². The molecule has 5 heteroatoms. The Bertz CT molecular complexity index is 343. The van der Waals surface area contributed by atoms with E-state index in [1.165, 1.54) is 19.2 Å². The molecule has 0 saturated carbocycles. The first-order valence-electron chi connectivity index (χ1n) is 5.46. The minimum atomic E-state index is -0.316. The third-order valence-electron chi connectivity index (χ3n) is 2.51. The molecule has 96 valence electrons. The van der Waals surface area contributed by atoms with E-state index in [9.17, 15) is 4.39 Å². The molecule has 0 bridgehead atoms. The lowest BCUT2D eigenvalue weighted by molar-refractivity contribution is 0.148. The highest BCUT2D eigenvalue weighted by molar-refractivity contribution is 5.33. The first-order chi connectivity index (χ1) is 8.21. The van der Waals surface area contributed by atoms with Crippen molar-refractivity contribution in [1.29, 1.82) is 0 Å². The van der Waals surface area contributed by atoms with Gasteiger partial charge in [-0.1, -0.05) is 0 Å². The molecule has 0 amide bonds. The Morgan fingerprint density at radius 3 is 2.65 bits per heavy atom. The molecule has 0 fully saturated rings. The minimum Gasteiger partial charge on any atom is -0.496 e. The van der Waals surface area contributed by atoms with Crippen LogP contribution in [-0.4, -0.2) is 37.1 Å². The lowest BCUT2D eigenvalue weighted by Gasteiger charge is -2.13. The predicted octanol–water partition coefficient (Wildman–Crippen LogP) is 0.525. The molecule has 3 N–H and O–H groups in total. The van der Waals surface area contributed by atoms with Crippen LogP contribution < -0.4 is 10.1 Å². The van der Waals surface area contributed by atoms with Crippen LogP contribution in [0.4, 0.5) is 4.39 Å². The second kappa shape index (κ2) is 7.21. The molecule has 1 aromatic carbocycles. The summed E-state index contributed by atoms with van der Waals surface area (Å²) in [7, 11) is 1.53. The predicted molar refractivity (Wildman–Crippen MR) is 62.3 cm³/mol. The number of methoxy groups -OCH3 is 1. The highest BCUT2D eigenvalue weighted by atomic mass is 19.1. The molecule has 0 aliphatic carbocycles. The Morgan fingerprint density at radius 1 is 1.35 bits per heavy atom. The van der Waals surface area contributed by atoms with Crippen LogP contribution in [0.2, 0.25) is 0 Å². The van der Waals surface area contributed by atoms with Gasteiger partial charge in [0.1, 0.15) is 11.6 Å². The van der Waals surface area contributed by atoms with E-state index in [0.29, 0.717) is 24.4 Å². The first kappa shape index (κ1) is 13.9. The highest BCUT2D eigenvalue weighted by Crippen LogP contribution is 2.18. The second-order valence-electron chi connectivity index (χ2n) is 3.82. The zero-order chi connectivity index (χ0) is 12.7. The third kappa shape index (κ3) is 4.30. The van der Waals surface area contributed by atoms with E-state index < -0.39 is 0 Å². The monoisotopic (exact) mass is 243 g/mol. The summed E-state index contributed by atoms with van der Waals surface area (Å²) in [5.74, 6) is 0.0986. The zero-order valence-corrected chi connectivity index (χ0v) is 9.82. The quantitative estimate of drug-likeness (QED) is 0.653. The summed E-state index contributed by atoms with van der Waals surface area (Å²) < 4.78 is 18.1. The van der Waals surface area contributed by atoms with Crippen molar-refractivity contribution in [1.82, 2.24) is 5.32 Å². The van der Waals surface area contributed by atoms with E-state index in [0.717, 1.165) is 0 Å². The van der Waals surface area contributed by atoms with E-state index in [-0.39, 0.29) is 24.9 Å². The van der Waals surface area contributed by atoms with E-state index in [1.807, 2.05) is 0 Å². The van der Waals surface area contributed by atoms with Crippen LogP contribution >= 0.6 is 0 Å². The van der Waals surface area contributed by atoms with E-state index in [1.54, 1.807) is 6.07 Å². The van der Waals surface area contributed by atoms with Crippen LogP contribution in [0.15, 0.2) is 18.2 Å². The van der Waals surface area contributed by atoms with Gasteiger partial charge >= 0.3 is 0 Å². The molecule has 0 unspecified atom stereocenters. The summed E-state index contributed by atoms with van der Waals surface area (Å²) in [6, 6.07) is 4.31. The number of rotatable bonds is 7. The molecular weight excluding hydrogens is 225 g/mol. The smallest absolute Gasteiger partial charge is 0.123 e. The molecule has 17 heavy (non-hydrogen) atoms. The number of aliphatic hydroxyl groups is 2. The van der Waals surface area contributed by atoms with Gasteiger partial charge in [0.25, 0.3) is 0 Å². The van der Waals surface area contributed by atoms with Gasteiger partial charge < -0.3 is 20.3 Å². The Kier molecular flexibility index (Phi) is 5.90. The third-order valence-corrected chi connectivity index (χ3v) is 2.51. The summed E-state index contributed by atoms with van der Waals surface area (Å²) in [4.78, 5) is 0. The van der Waals surface area contributed by atoms with Crippen LogP contribution in [0.25, 0.3) is 0 Å². The number of nitrogens with one attached hydrogen (secondary N) is 1. The van der Waals surface area contributed by atoms with Crippen LogP contribution in [0.3, 0.4) is 0 Å². The van der Waals surface area contributed by atoms with Crippen LogP contribution in [0, 0.1) is 11.7 Å². The van der Waals surface area contributed by atoms with Gasteiger partial charge in [-0.15, -0.1) is 0 Å². The van der Waals surface area contributed by atoms with Gasteiger partial charge in [-0.3, -0.25) is 0 Å². The van der Waals surface area contributed by atoms with Gasteiger partial charge in [0, 0.05) is 37.8 Å². The maximum absolute atomic E-state index is 13.0. The largest absolute Gasteiger partial charge is 0.496 e. The number of hydrogen-bond donors (Lipinski definition) is 3. The number of halogens is 1. The van der Waals surface area contributed by atoms with Crippen molar-refractivity contribution < 1.29 is 19.3 Å². The van der Waals surface area contributed by atoms with Crippen molar-refractivity contribution in [2.75, 3.05) is 26.9 Å². The van der Waals surface area contributed by atoms with E-state index in [2.05, 4.69) is 5.32 Å². The van der Waals surface area contributed by atoms with Crippen molar-refractivity contribution in [2.45, 2.75) is 6.54 Å². The van der Waals surface area contributed by atoms with Crippen molar-refractivity contribution in [3.05, 3.63) is 29.6 Å². The van der Waals surface area contributed by atoms with Crippen molar-refractivity contribution in [2.24, 2.45) is 5.92 Å². The molecule has 0 aromatic heterocycles. The molecular formula is C12H18FNO3. The SMILES string of the molecule is COc1ccc(F)cc1CNCC(CO)CO. The van der Waals surface area contributed by atoms with Crippen molar-refractivity contribution in [3.63, 3.8) is 0 Å². The Balaban J connectivity index is 2.53. The zero-order valence-electron chi connectivity index (χ0n) is 9.82. The fourth-order valence-corrected chi connectivity index (χ4v) is 1.48. The van der Waals surface area contributed by atoms with E-state index in [4.69, 9.17) is 14.9 Å². The van der Waals surface area contributed by atoms with Crippen molar-refractivity contribution >= 4 is 0 Å². The topological polar surface area (TPSA) is 61.7 Å². The van der Waals surface area contributed by atoms with Crippen molar-refractivity contribution in [3.8, 4) is 5.75 Å². The summed E-state index contributed by atoms with van der Waals surface area (Å²) in [5.41, 5.74) is 0.710. The second-order valence-corrected chi connectivity index (χ2v) is 3.82.